The maximum Gasteiger partial charge on any atom is 0.354 e. The van der Waals surface area contributed by atoms with Crippen LogP contribution in [0.2, 0.25) is 0 Å². The molecule has 5 nitrogen and oxygen atoms in total. The monoisotopic (exact) mass is 170 g/mol. The van der Waals surface area contributed by atoms with Crippen molar-refractivity contribution in [1.29, 1.82) is 0 Å². The predicted octanol–water partition coefficient (Wildman–Crippen LogP) is -1.65. The highest BCUT2D eigenvalue weighted by molar-refractivity contribution is 6.32. The van der Waals surface area contributed by atoms with Crippen molar-refractivity contribution in [3.63, 3.8) is 0 Å². The predicted molar refractivity (Wildman–Crippen MR) is 31.5 cm³/mol. The van der Waals surface area contributed by atoms with E-state index in [1.807, 2.05) is 0 Å². The topological polar surface area (TPSA) is 98.0 Å². The Kier molecular flexibility index (Phi) is 3.04. The van der Waals surface area contributed by atoms with Crippen molar-refractivity contribution >= 4 is 17.6 Å². The van der Waals surface area contributed by atoms with Gasteiger partial charge < -0.3 is 20.4 Å². The van der Waals surface area contributed by atoms with Crippen molar-refractivity contribution in [2.75, 3.05) is 6.61 Å². The van der Waals surface area contributed by atoms with E-state index in [0.717, 1.165) is 0 Å². The third-order valence-corrected chi connectivity index (χ3v) is 1.33. The smallest absolute Gasteiger partial charge is 0.354 e. The highest BCUT2D eigenvalue weighted by Crippen LogP contribution is 2.15. The van der Waals surface area contributed by atoms with E-state index in [0.29, 0.717) is 0 Å². The van der Waals surface area contributed by atoms with Crippen LogP contribution in [0, 0.1) is 0 Å². The molecular formula is C4H7ClO5. The Morgan fingerprint density at radius 1 is 1.70 bits per heavy atom. The van der Waals surface area contributed by atoms with Gasteiger partial charge in [-0.1, -0.05) is 11.6 Å². The summed E-state index contributed by atoms with van der Waals surface area (Å²) in [4.78, 5) is 9.97. The van der Waals surface area contributed by atoms with Gasteiger partial charge in [0, 0.05) is 0 Å². The van der Waals surface area contributed by atoms with E-state index in [1.165, 1.54) is 0 Å². The van der Waals surface area contributed by atoms with Crippen molar-refractivity contribution in [3.8, 4) is 0 Å². The van der Waals surface area contributed by atoms with Crippen LogP contribution in [0.1, 0.15) is 0 Å². The van der Waals surface area contributed by atoms with Crippen LogP contribution in [-0.2, 0) is 4.79 Å². The third-order valence-electron chi connectivity index (χ3n) is 0.914. The normalized spacial score (nSPS) is 19.6. The SMILES string of the molecule is O=C(O)C(O)(Cl)C(O)CO. The van der Waals surface area contributed by atoms with Gasteiger partial charge in [0.2, 0.25) is 0 Å². The number of carboxylic acid groups (broad SMARTS) is 1. The fourth-order valence-electron chi connectivity index (χ4n) is 0.264. The van der Waals surface area contributed by atoms with Crippen LogP contribution in [0.5, 0.6) is 0 Å². The molecule has 0 aliphatic carbocycles. The molecule has 0 aliphatic rings. The van der Waals surface area contributed by atoms with Gasteiger partial charge in [0.25, 0.3) is 5.06 Å². The molecule has 6 heteroatoms. The molecule has 60 valence electrons. The van der Waals surface area contributed by atoms with Gasteiger partial charge in [0.05, 0.1) is 6.61 Å². The summed E-state index contributed by atoms with van der Waals surface area (Å²) in [5.74, 6) is -1.80. The van der Waals surface area contributed by atoms with E-state index < -0.39 is 23.7 Å². The molecule has 0 saturated heterocycles. The number of alkyl halides is 1. The molecule has 0 radical (unpaired) electrons. The van der Waals surface area contributed by atoms with Crippen LogP contribution in [0.3, 0.4) is 0 Å². The average molecular weight is 171 g/mol. The number of aliphatic hydroxyl groups is 3. The highest BCUT2D eigenvalue weighted by atomic mass is 35.5. The minimum absolute atomic E-state index is 0.910. The van der Waals surface area contributed by atoms with Crippen LogP contribution < -0.4 is 0 Å². The molecule has 10 heavy (non-hydrogen) atoms. The molecule has 4 N–H and O–H groups in total. The van der Waals surface area contributed by atoms with Crippen LogP contribution in [0.4, 0.5) is 0 Å². The van der Waals surface area contributed by atoms with Crippen molar-refractivity contribution in [1.82, 2.24) is 0 Å². The lowest BCUT2D eigenvalue weighted by molar-refractivity contribution is -0.160. The minimum Gasteiger partial charge on any atom is -0.478 e. The lowest BCUT2D eigenvalue weighted by Gasteiger charge is -2.19. The summed E-state index contributed by atoms with van der Waals surface area (Å²) < 4.78 is 0. The molecule has 0 amide bonds. The second-order valence-corrected chi connectivity index (χ2v) is 2.25. The standard InChI is InChI=1S/C4H7ClO5/c5-4(10,3(8)9)2(7)1-6/h2,6-7,10H,1H2,(H,8,9). The Labute approximate surface area is 61.5 Å². The number of rotatable bonds is 3. The van der Waals surface area contributed by atoms with Crippen molar-refractivity contribution < 1.29 is 25.2 Å². The van der Waals surface area contributed by atoms with E-state index in [2.05, 4.69) is 0 Å². The molecule has 0 heterocycles. The van der Waals surface area contributed by atoms with E-state index in [9.17, 15) is 4.79 Å². The number of hydrogen-bond donors (Lipinski definition) is 4. The first-order valence-electron chi connectivity index (χ1n) is 2.36. The summed E-state index contributed by atoms with van der Waals surface area (Å²) in [6.07, 6.45) is -1.88. The van der Waals surface area contributed by atoms with Crippen molar-refractivity contribution in [2.45, 2.75) is 11.2 Å². The minimum atomic E-state index is -2.80. The molecule has 0 aromatic carbocycles. The molecule has 0 bridgehead atoms. The van der Waals surface area contributed by atoms with Crippen LogP contribution in [0.15, 0.2) is 0 Å². The fourth-order valence-corrected chi connectivity index (χ4v) is 0.333. The zero-order valence-electron chi connectivity index (χ0n) is 4.86. The Hall–Kier alpha value is -0.360. The van der Waals surface area contributed by atoms with Gasteiger partial charge in [-0.2, -0.15) is 0 Å². The lowest BCUT2D eigenvalue weighted by atomic mass is 10.2. The summed E-state index contributed by atoms with van der Waals surface area (Å²) in [6, 6.07) is 0. The summed E-state index contributed by atoms with van der Waals surface area (Å²) in [5, 5.41) is 30.6. The summed E-state index contributed by atoms with van der Waals surface area (Å²) >= 11 is 4.87. The van der Waals surface area contributed by atoms with E-state index in [1.54, 1.807) is 0 Å². The first-order valence-corrected chi connectivity index (χ1v) is 2.74. The molecule has 0 rings (SSSR count). The van der Waals surface area contributed by atoms with Gasteiger partial charge in [-0.15, -0.1) is 0 Å². The molecule has 0 aromatic heterocycles. The molecule has 0 spiro atoms. The zero-order valence-corrected chi connectivity index (χ0v) is 5.62. The molecule has 0 fully saturated rings. The Bertz CT molecular complexity index is 134. The fraction of sp³-hybridized carbons (Fsp3) is 0.750. The molecule has 0 aromatic rings. The van der Waals surface area contributed by atoms with Gasteiger partial charge >= 0.3 is 5.97 Å². The zero-order chi connectivity index (χ0) is 8.36. The Morgan fingerprint density at radius 2 is 2.10 bits per heavy atom. The number of carboxylic acids is 1. The van der Waals surface area contributed by atoms with Gasteiger partial charge in [0.1, 0.15) is 6.10 Å². The Morgan fingerprint density at radius 3 is 2.20 bits per heavy atom. The van der Waals surface area contributed by atoms with Crippen LogP contribution >= 0.6 is 11.6 Å². The van der Waals surface area contributed by atoms with E-state index in [4.69, 9.17) is 32.0 Å². The van der Waals surface area contributed by atoms with Crippen molar-refractivity contribution in [3.05, 3.63) is 0 Å². The number of aliphatic hydroxyl groups excluding tert-OH is 2. The maximum absolute atomic E-state index is 9.97. The highest BCUT2D eigenvalue weighted by Gasteiger charge is 2.41. The third kappa shape index (κ3) is 1.81. The van der Waals surface area contributed by atoms with Gasteiger partial charge in [0.15, 0.2) is 0 Å². The summed E-state index contributed by atoms with van der Waals surface area (Å²) in [6.45, 7) is -0.910. The number of halogens is 1. The van der Waals surface area contributed by atoms with Crippen LogP contribution in [0.25, 0.3) is 0 Å². The largest absolute Gasteiger partial charge is 0.478 e. The summed E-state index contributed by atoms with van der Waals surface area (Å²) in [5.41, 5.74) is 0. The van der Waals surface area contributed by atoms with E-state index in [-0.39, 0.29) is 0 Å². The Balaban J connectivity index is 4.23. The van der Waals surface area contributed by atoms with E-state index >= 15 is 0 Å². The summed E-state index contributed by atoms with van der Waals surface area (Å²) in [7, 11) is 0. The first-order chi connectivity index (χ1) is 4.42. The second kappa shape index (κ2) is 3.16. The quantitative estimate of drug-likeness (QED) is 0.381. The number of aliphatic carboxylic acids is 1. The average Bonchev–Trinajstić information content (AvgIpc) is 1.86. The number of carbonyl (C=O) groups is 1. The first kappa shape index (κ1) is 9.64. The van der Waals surface area contributed by atoms with Gasteiger partial charge in [-0.3, -0.25) is 0 Å². The number of hydrogen-bond acceptors (Lipinski definition) is 4. The van der Waals surface area contributed by atoms with Crippen molar-refractivity contribution in [2.24, 2.45) is 0 Å². The molecule has 0 saturated carbocycles. The van der Waals surface area contributed by atoms with Gasteiger partial charge in [-0.25, -0.2) is 4.79 Å². The molecule has 2 unspecified atom stereocenters. The van der Waals surface area contributed by atoms with Crippen LogP contribution in [-0.4, -0.2) is 44.2 Å². The second-order valence-electron chi connectivity index (χ2n) is 1.68. The lowest BCUT2D eigenvalue weighted by Crippen LogP contribution is -2.46. The molecular weight excluding hydrogens is 163 g/mol. The molecule has 2 atom stereocenters. The molecule has 0 aliphatic heterocycles. The van der Waals surface area contributed by atoms with Gasteiger partial charge in [-0.05, 0) is 0 Å². The maximum atomic E-state index is 9.97.